The molecular weight excluding hydrogens is 434 g/mol. The van der Waals surface area contributed by atoms with Gasteiger partial charge in [0.15, 0.2) is 17.1 Å². The van der Waals surface area contributed by atoms with Crippen molar-refractivity contribution in [1.29, 1.82) is 0 Å². The Kier molecular flexibility index (Phi) is 4.96. The smallest absolute Gasteiger partial charge is 0.178 e. The fourth-order valence-electron chi connectivity index (χ4n) is 4.23. The molecule has 1 aliphatic heterocycles. The van der Waals surface area contributed by atoms with Gasteiger partial charge in [0.2, 0.25) is 0 Å². The summed E-state index contributed by atoms with van der Waals surface area (Å²) in [6.45, 7) is 6.55. The summed E-state index contributed by atoms with van der Waals surface area (Å²) < 4.78 is 1.96. The molecule has 1 saturated heterocycles. The van der Waals surface area contributed by atoms with Crippen molar-refractivity contribution >= 4 is 39.7 Å². The maximum Gasteiger partial charge on any atom is 0.178 e. The monoisotopic (exact) mass is 459 g/mol. The standard InChI is InChI=1S/C23H25N9S/c1-15-3-5-24-22-21(15)27-19(28-22)13-25-17-11-20(31-8-6-30(2)7-9-31)29-32-18(12-26-23(17)32)16-4-10-33-14-16/h3-5,10-12,14,25H,6-9,13H2,1-2H3,(H,24,27,28). The van der Waals surface area contributed by atoms with Gasteiger partial charge < -0.3 is 20.1 Å². The Morgan fingerprint density at radius 3 is 2.82 bits per heavy atom. The molecule has 0 unspecified atom stereocenters. The summed E-state index contributed by atoms with van der Waals surface area (Å²) in [4.78, 5) is 21.8. The summed E-state index contributed by atoms with van der Waals surface area (Å²) in [5.41, 5.74) is 6.72. The number of nitrogens with one attached hydrogen (secondary N) is 2. The van der Waals surface area contributed by atoms with Crippen molar-refractivity contribution < 1.29 is 0 Å². The number of hydrogen-bond donors (Lipinski definition) is 2. The van der Waals surface area contributed by atoms with Crippen LogP contribution in [0, 0.1) is 6.92 Å². The Hall–Kier alpha value is -3.50. The van der Waals surface area contributed by atoms with Gasteiger partial charge in [0.05, 0.1) is 29.6 Å². The van der Waals surface area contributed by atoms with E-state index in [1.54, 1.807) is 17.5 Å². The summed E-state index contributed by atoms with van der Waals surface area (Å²) in [6, 6.07) is 6.20. The summed E-state index contributed by atoms with van der Waals surface area (Å²) in [5, 5.41) is 12.8. The number of piperazine rings is 1. The predicted molar refractivity (Wildman–Crippen MR) is 132 cm³/mol. The number of hydrogen-bond acceptors (Lipinski definition) is 8. The van der Waals surface area contributed by atoms with Crippen molar-refractivity contribution in [3.05, 3.63) is 52.7 Å². The molecule has 1 fully saturated rings. The van der Waals surface area contributed by atoms with Crippen LogP contribution >= 0.6 is 11.3 Å². The van der Waals surface area contributed by atoms with Crippen LogP contribution < -0.4 is 10.2 Å². The van der Waals surface area contributed by atoms with Crippen molar-refractivity contribution in [2.24, 2.45) is 0 Å². The molecule has 168 valence electrons. The highest BCUT2D eigenvalue weighted by Gasteiger charge is 2.20. The first kappa shape index (κ1) is 20.1. The average molecular weight is 460 g/mol. The third-order valence-corrected chi connectivity index (χ3v) is 6.88. The largest absolute Gasteiger partial charge is 0.375 e. The minimum atomic E-state index is 0.540. The lowest BCUT2D eigenvalue weighted by Crippen LogP contribution is -2.45. The average Bonchev–Trinajstić information content (AvgIpc) is 3.57. The molecule has 0 saturated carbocycles. The Labute approximate surface area is 195 Å². The highest BCUT2D eigenvalue weighted by atomic mass is 32.1. The molecule has 0 radical (unpaired) electrons. The second-order valence-electron chi connectivity index (χ2n) is 8.46. The first-order chi connectivity index (χ1) is 16.2. The zero-order chi connectivity index (χ0) is 22.4. The lowest BCUT2D eigenvalue weighted by molar-refractivity contribution is 0.311. The highest BCUT2D eigenvalue weighted by Crippen LogP contribution is 2.29. The lowest BCUT2D eigenvalue weighted by Gasteiger charge is -2.33. The Morgan fingerprint density at radius 1 is 1.15 bits per heavy atom. The van der Waals surface area contributed by atoms with Gasteiger partial charge in [-0.25, -0.2) is 19.5 Å². The van der Waals surface area contributed by atoms with E-state index in [4.69, 9.17) is 10.1 Å². The number of imidazole rings is 2. The Balaban J connectivity index is 1.38. The first-order valence-corrected chi connectivity index (χ1v) is 12.0. The second-order valence-corrected chi connectivity index (χ2v) is 9.24. The Morgan fingerprint density at radius 2 is 2.03 bits per heavy atom. The van der Waals surface area contributed by atoms with Crippen LogP contribution in [0.3, 0.4) is 0 Å². The maximum atomic E-state index is 4.99. The number of fused-ring (bicyclic) bond motifs is 2. The molecule has 5 aromatic heterocycles. The van der Waals surface area contributed by atoms with E-state index in [1.807, 2.05) is 16.8 Å². The first-order valence-electron chi connectivity index (χ1n) is 11.0. The van der Waals surface area contributed by atoms with E-state index in [9.17, 15) is 0 Å². The molecule has 0 spiro atoms. The van der Waals surface area contributed by atoms with Crippen molar-refractivity contribution in [3.63, 3.8) is 0 Å². The van der Waals surface area contributed by atoms with Crippen molar-refractivity contribution in [1.82, 2.24) is 34.4 Å². The molecule has 1 aliphatic rings. The summed E-state index contributed by atoms with van der Waals surface area (Å²) in [5.74, 6) is 1.79. The molecule has 0 aromatic carbocycles. The van der Waals surface area contributed by atoms with Gasteiger partial charge >= 0.3 is 0 Å². The topological polar surface area (TPSA) is 90.3 Å². The van der Waals surface area contributed by atoms with Gasteiger partial charge in [0, 0.05) is 49.4 Å². The fourth-order valence-corrected chi connectivity index (χ4v) is 4.88. The predicted octanol–water partition coefficient (Wildman–Crippen LogP) is 3.40. The quantitative estimate of drug-likeness (QED) is 0.416. The van der Waals surface area contributed by atoms with Gasteiger partial charge in [-0.05, 0) is 37.0 Å². The van der Waals surface area contributed by atoms with Crippen LogP contribution in [0.2, 0.25) is 0 Å². The normalized spacial score (nSPS) is 15.0. The molecule has 0 bridgehead atoms. The minimum absolute atomic E-state index is 0.540. The van der Waals surface area contributed by atoms with Crippen LogP contribution in [0.25, 0.3) is 28.1 Å². The Bertz CT molecular complexity index is 1410. The molecule has 2 N–H and O–H groups in total. The molecule has 0 atom stereocenters. The van der Waals surface area contributed by atoms with Gasteiger partial charge in [0.1, 0.15) is 5.82 Å². The van der Waals surface area contributed by atoms with E-state index in [0.717, 1.165) is 77.1 Å². The van der Waals surface area contributed by atoms with E-state index < -0.39 is 0 Å². The number of aromatic amines is 1. The van der Waals surface area contributed by atoms with Gasteiger partial charge in [-0.1, -0.05) is 0 Å². The zero-order valence-corrected chi connectivity index (χ0v) is 19.4. The zero-order valence-electron chi connectivity index (χ0n) is 18.6. The fraction of sp³-hybridized carbons (Fsp3) is 0.304. The van der Waals surface area contributed by atoms with E-state index in [0.29, 0.717) is 6.54 Å². The van der Waals surface area contributed by atoms with Gasteiger partial charge in [-0.3, -0.25) is 0 Å². The number of rotatable bonds is 5. The van der Waals surface area contributed by atoms with Crippen LogP contribution in [-0.4, -0.2) is 67.7 Å². The molecule has 6 heterocycles. The van der Waals surface area contributed by atoms with E-state index in [2.05, 4.69) is 66.9 Å². The van der Waals surface area contributed by atoms with E-state index >= 15 is 0 Å². The third-order valence-electron chi connectivity index (χ3n) is 6.19. The highest BCUT2D eigenvalue weighted by molar-refractivity contribution is 7.08. The number of aryl methyl sites for hydroxylation is 1. The van der Waals surface area contributed by atoms with Gasteiger partial charge in [0.25, 0.3) is 0 Å². The lowest BCUT2D eigenvalue weighted by atomic mass is 10.3. The number of pyridine rings is 1. The van der Waals surface area contributed by atoms with Gasteiger partial charge in [-0.2, -0.15) is 11.3 Å². The molecule has 5 aromatic rings. The number of H-pyrrole nitrogens is 1. The maximum absolute atomic E-state index is 4.99. The number of thiophene rings is 1. The number of likely N-dealkylation sites (N-methyl/N-ethyl adjacent to an activating group) is 1. The number of anilines is 2. The van der Waals surface area contributed by atoms with Crippen LogP contribution in [0.4, 0.5) is 11.5 Å². The second kappa shape index (κ2) is 8.13. The van der Waals surface area contributed by atoms with E-state index in [-0.39, 0.29) is 0 Å². The number of aromatic nitrogens is 6. The van der Waals surface area contributed by atoms with Crippen molar-refractivity contribution in [2.75, 3.05) is 43.4 Å². The molecule has 33 heavy (non-hydrogen) atoms. The van der Waals surface area contributed by atoms with Crippen molar-refractivity contribution in [3.8, 4) is 11.3 Å². The van der Waals surface area contributed by atoms with Crippen LogP contribution in [0.5, 0.6) is 0 Å². The number of nitrogens with zero attached hydrogens (tertiary/aromatic N) is 7. The molecule has 0 amide bonds. The molecule has 6 rings (SSSR count). The molecule has 0 aliphatic carbocycles. The minimum Gasteiger partial charge on any atom is -0.375 e. The van der Waals surface area contributed by atoms with Gasteiger partial charge in [-0.15, -0.1) is 5.10 Å². The third kappa shape index (κ3) is 3.70. The van der Waals surface area contributed by atoms with E-state index in [1.165, 1.54) is 0 Å². The SMILES string of the molecule is Cc1ccnc2nc(CNc3cc(N4CCN(C)CC4)nn4c(-c5ccsc5)cnc34)[nH]c12. The molecular formula is C23H25N9S. The van der Waals surface area contributed by atoms with Crippen LogP contribution in [-0.2, 0) is 6.54 Å². The summed E-state index contributed by atoms with van der Waals surface area (Å²) >= 11 is 1.67. The summed E-state index contributed by atoms with van der Waals surface area (Å²) in [7, 11) is 2.16. The molecule has 9 nitrogen and oxygen atoms in total. The summed E-state index contributed by atoms with van der Waals surface area (Å²) in [6.07, 6.45) is 3.69. The van der Waals surface area contributed by atoms with Crippen molar-refractivity contribution in [2.45, 2.75) is 13.5 Å². The molecule has 10 heteroatoms. The van der Waals surface area contributed by atoms with Crippen LogP contribution in [0.1, 0.15) is 11.4 Å². The van der Waals surface area contributed by atoms with Crippen LogP contribution in [0.15, 0.2) is 41.4 Å².